The van der Waals surface area contributed by atoms with E-state index in [1.54, 1.807) is 11.6 Å². The van der Waals surface area contributed by atoms with Gasteiger partial charge in [-0.2, -0.15) is 0 Å². The summed E-state index contributed by atoms with van der Waals surface area (Å²) in [6.45, 7) is 1.49. The van der Waals surface area contributed by atoms with Crippen LogP contribution in [0.4, 0.5) is 11.6 Å². The maximum atomic E-state index is 10.9. The summed E-state index contributed by atoms with van der Waals surface area (Å²) in [5, 5.41) is 6.30. The summed E-state index contributed by atoms with van der Waals surface area (Å²) in [6, 6.07) is 9.80. The van der Waals surface area contributed by atoms with Crippen LogP contribution in [0.25, 0.3) is 0 Å². The van der Waals surface area contributed by atoms with E-state index in [4.69, 9.17) is 4.74 Å². The number of hydrogen-bond donors (Lipinski definition) is 2. The number of nitrogens with one attached hydrogen (secondary N) is 2. The third kappa shape index (κ3) is 4.00. The van der Waals surface area contributed by atoms with Gasteiger partial charge in [0.25, 0.3) is 0 Å². The van der Waals surface area contributed by atoms with Gasteiger partial charge in [-0.05, 0) is 25.0 Å². The molecule has 1 aromatic carbocycles. The zero-order valence-corrected chi connectivity index (χ0v) is 13.0. The molecule has 0 unspecified atom stereocenters. The van der Waals surface area contributed by atoms with Crippen molar-refractivity contribution < 1.29 is 9.53 Å². The number of benzene rings is 1. The summed E-state index contributed by atoms with van der Waals surface area (Å²) in [4.78, 5) is 15.1. The van der Waals surface area contributed by atoms with E-state index in [0.29, 0.717) is 18.2 Å². The van der Waals surface area contributed by atoms with Gasteiger partial charge in [0.1, 0.15) is 5.75 Å². The van der Waals surface area contributed by atoms with Crippen molar-refractivity contribution in [3.05, 3.63) is 36.2 Å². The fraction of sp³-hybridized carbons (Fsp3) is 0.375. The second-order valence-corrected chi connectivity index (χ2v) is 4.89. The Morgan fingerprint density at radius 2 is 2.05 bits per heavy atom. The number of hydrogen-bond acceptors (Lipinski definition) is 5. The van der Waals surface area contributed by atoms with Gasteiger partial charge in [0.15, 0.2) is 23.7 Å². The molecule has 0 aliphatic heterocycles. The van der Waals surface area contributed by atoms with Crippen molar-refractivity contribution in [3.8, 4) is 5.75 Å². The number of carbonyl (C=O) groups is 1. The number of para-hydroxylation sites is 1. The van der Waals surface area contributed by atoms with Crippen molar-refractivity contribution >= 4 is 17.9 Å². The molecule has 1 heterocycles. The van der Waals surface area contributed by atoms with E-state index in [0.717, 1.165) is 37.2 Å². The normalized spacial score (nSPS) is 10.3. The molecule has 6 nitrogen and oxygen atoms in total. The summed E-state index contributed by atoms with van der Waals surface area (Å²) in [6.07, 6.45) is 2.67. The van der Waals surface area contributed by atoms with Gasteiger partial charge in [-0.15, -0.1) is 0 Å². The van der Waals surface area contributed by atoms with E-state index >= 15 is 0 Å². The predicted octanol–water partition coefficient (Wildman–Crippen LogP) is 2.55. The minimum atomic E-state index is 0.402. The van der Waals surface area contributed by atoms with Gasteiger partial charge < -0.3 is 19.9 Å². The second-order valence-electron chi connectivity index (χ2n) is 4.89. The van der Waals surface area contributed by atoms with Gasteiger partial charge in [0, 0.05) is 20.6 Å². The molecule has 0 aliphatic rings. The molecule has 0 fully saturated rings. The average molecular weight is 302 g/mol. The van der Waals surface area contributed by atoms with Gasteiger partial charge in [-0.1, -0.05) is 18.2 Å². The fourth-order valence-electron chi connectivity index (χ4n) is 2.14. The second kappa shape index (κ2) is 8.07. The molecule has 0 saturated carbocycles. The first kappa shape index (κ1) is 15.9. The van der Waals surface area contributed by atoms with Crippen LogP contribution in [-0.2, 0) is 7.05 Å². The molecule has 0 bridgehead atoms. The van der Waals surface area contributed by atoms with E-state index in [2.05, 4.69) is 15.6 Å². The Morgan fingerprint density at radius 3 is 2.73 bits per heavy atom. The molecule has 2 N–H and O–H groups in total. The summed E-state index contributed by atoms with van der Waals surface area (Å²) >= 11 is 0. The number of anilines is 2. The maximum Gasteiger partial charge on any atom is 0.185 e. The topological polar surface area (TPSA) is 68.2 Å². The highest BCUT2D eigenvalue weighted by Crippen LogP contribution is 2.20. The number of rotatable bonds is 9. The highest BCUT2D eigenvalue weighted by atomic mass is 16.5. The van der Waals surface area contributed by atoms with Crippen molar-refractivity contribution in [3.63, 3.8) is 0 Å². The highest BCUT2D eigenvalue weighted by Gasteiger charge is 2.12. The van der Waals surface area contributed by atoms with Crippen molar-refractivity contribution in [2.24, 2.45) is 7.05 Å². The van der Waals surface area contributed by atoms with Crippen molar-refractivity contribution in [1.82, 2.24) is 9.55 Å². The number of nitrogens with zero attached hydrogens (tertiary/aromatic N) is 2. The number of aldehydes is 1. The zero-order chi connectivity index (χ0) is 15.8. The van der Waals surface area contributed by atoms with Gasteiger partial charge in [0.2, 0.25) is 0 Å². The van der Waals surface area contributed by atoms with Gasteiger partial charge >= 0.3 is 0 Å². The minimum absolute atomic E-state index is 0.402. The van der Waals surface area contributed by atoms with Crippen LogP contribution in [0, 0.1) is 0 Å². The van der Waals surface area contributed by atoms with Crippen molar-refractivity contribution in [2.45, 2.75) is 12.8 Å². The summed E-state index contributed by atoms with van der Waals surface area (Å²) in [5.41, 5.74) is 0. The number of aromatic nitrogens is 2. The molecule has 0 saturated heterocycles. The summed E-state index contributed by atoms with van der Waals surface area (Å²) < 4.78 is 7.39. The molecule has 0 spiro atoms. The molecule has 118 valence electrons. The van der Waals surface area contributed by atoms with Crippen LogP contribution in [0.2, 0.25) is 0 Å². The Hall–Kier alpha value is -2.50. The molecule has 2 aromatic rings. The van der Waals surface area contributed by atoms with Crippen LogP contribution in [0.3, 0.4) is 0 Å². The number of imidazole rings is 1. The standard InChI is InChI=1S/C16H22N4O2/c1-17-15-16(20(2)14(12-21)19-15)18-10-6-7-11-22-13-8-4-3-5-9-13/h3-5,8-9,12,17-18H,6-7,10-11H2,1-2H3. The zero-order valence-electron chi connectivity index (χ0n) is 13.0. The maximum absolute atomic E-state index is 10.9. The molecular weight excluding hydrogens is 280 g/mol. The Kier molecular flexibility index (Phi) is 5.82. The lowest BCUT2D eigenvalue weighted by Gasteiger charge is -2.10. The molecule has 1 aromatic heterocycles. The lowest BCUT2D eigenvalue weighted by atomic mass is 10.3. The van der Waals surface area contributed by atoms with Gasteiger partial charge in [-0.3, -0.25) is 4.79 Å². The average Bonchev–Trinajstić information content (AvgIpc) is 2.87. The van der Waals surface area contributed by atoms with Crippen LogP contribution in [0.1, 0.15) is 23.5 Å². The molecular formula is C16H22N4O2. The lowest BCUT2D eigenvalue weighted by molar-refractivity contribution is 0.111. The van der Waals surface area contributed by atoms with Crippen LogP contribution in [0.5, 0.6) is 5.75 Å². The lowest BCUT2D eigenvalue weighted by Crippen LogP contribution is -2.09. The smallest absolute Gasteiger partial charge is 0.185 e. The molecule has 0 amide bonds. The quantitative estimate of drug-likeness (QED) is 0.550. The first-order valence-electron chi connectivity index (χ1n) is 7.37. The van der Waals surface area contributed by atoms with Gasteiger partial charge in [0.05, 0.1) is 6.61 Å². The first-order valence-corrected chi connectivity index (χ1v) is 7.37. The monoisotopic (exact) mass is 302 g/mol. The molecule has 0 atom stereocenters. The van der Waals surface area contributed by atoms with Crippen LogP contribution < -0.4 is 15.4 Å². The fourth-order valence-corrected chi connectivity index (χ4v) is 2.14. The number of unbranched alkanes of at least 4 members (excludes halogenated alkanes) is 1. The third-order valence-electron chi connectivity index (χ3n) is 3.35. The van der Waals surface area contributed by atoms with E-state index in [1.165, 1.54) is 0 Å². The van der Waals surface area contributed by atoms with E-state index in [9.17, 15) is 4.79 Å². The molecule has 0 aliphatic carbocycles. The van der Waals surface area contributed by atoms with Crippen LogP contribution in [-0.4, -0.2) is 36.0 Å². The van der Waals surface area contributed by atoms with Crippen molar-refractivity contribution in [1.29, 1.82) is 0 Å². The van der Waals surface area contributed by atoms with E-state index < -0.39 is 0 Å². The Morgan fingerprint density at radius 1 is 1.27 bits per heavy atom. The highest BCUT2D eigenvalue weighted by molar-refractivity contribution is 5.75. The van der Waals surface area contributed by atoms with Crippen molar-refractivity contribution in [2.75, 3.05) is 30.8 Å². The van der Waals surface area contributed by atoms with E-state index in [-0.39, 0.29) is 0 Å². The number of ether oxygens (including phenoxy) is 1. The van der Waals surface area contributed by atoms with Crippen LogP contribution in [0.15, 0.2) is 30.3 Å². The van der Waals surface area contributed by atoms with Crippen LogP contribution >= 0.6 is 0 Å². The molecule has 22 heavy (non-hydrogen) atoms. The molecule has 2 rings (SSSR count). The summed E-state index contributed by atoms with van der Waals surface area (Å²) in [7, 11) is 3.61. The Labute approximate surface area is 130 Å². The molecule has 6 heteroatoms. The third-order valence-corrected chi connectivity index (χ3v) is 3.35. The van der Waals surface area contributed by atoms with Gasteiger partial charge in [-0.25, -0.2) is 4.98 Å². The largest absolute Gasteiger partial charge is 0.494 e. The Bertz CT molecular complexity index is 596. The predicted molar refractivity (Wildman–Crippen MR) is 87.8 cm³/mol. The molecule has 0 radical (unpaired) electrons. The summed E-state index contributed by atoms with van der Waals surface area (Å²) in [5.74, 6) is 2.81. The Balaban J connectivity index is 1.73. The first-order chi connectivity index (χ1) is 10.8. The minimum Gasteiger partial charge on any atom is -0.494 e. The number of carbonyl (C=O) groups excluding carboxylic acids is 1. The SMILES string of the molecule is CNc1nc(C=O)n(C)c1NCCCCOc1ccccc1. The van der Waals surface area contributed by atoms with E-state index in [1.807, 2.05) is 37.4 Å².